The molecule has 1 heterocycles. The summed E-state index contributed by atoms with van der Waals surface area (Å²) in [6, 6.07) is 9.62. The average molecular weight is 271 g/mol. The van der Waals surface area contributed by atoms with E-state index in [-0.39, 0.29) is 19.0 Å². The Morgan fingerprint density at radius 1 is 1.45 bits per heavy atom. The Hall–Kier alpha value is -2.48. The van der Waals surface area contributed by atoms with E-state index in [1.165, 1.54) is 0 Å². The molecule has 0 bridgehead atoms. The highest BCUT2D eigenvalue weighted by Crippen LogP contribution is 2.26. The molecule has 1 amide bonds. The molecule has 104 valence electrons. The van der Waals surface area contributed by atoms with Crippen molar-refractivity contribution in [3.05, 3.63) is 30.5 Å². The second-order valence-corrected chi connectivity index (χ2v) is 4.42. The number of nitriles is 1. The van der Waals surface area contributed by atoms with Crippen LogP contribution in [-0.2, 0) is 11.3 Å². The van der Waals surface area contributed by atoms with Gasteiger partial charge in [-0.05, 0) is 24.6 Å². The van der Waals surface area contributed by atoms with E-state index in [4.69, 9.17) is 10.00 Å². The first-order chi connectivity index (χ1) is 9.76. The molecule has 0 aliphatic rings. The Bertz CT molecular complexity index is 640. The molecule has 1 aromatic carbocycles. The molecular formula is C15H17N3O2. The minimum atomic E-state index is -0.177. The summed E-state index contributed by atoms with van der Waals surface area (Å²) in [4.78, 5) is 11.7. The van der Waals surface area contributed by atoms with Crippen LogP contribution in [0.5, 0.6) is 5.75 Å². The maximum atomic E-state index is 11.7. The number of amides is 1. The van der Waals surface area contributed by atoms with Crippen molar-refractivity contribution >= 4 is 16.8 Å². The van der Waals surface area contributed by atoms with Crippen LogP contribution in [0.25, 0.3) is 10.9 Å². The van der Waals surface area contributed by atoms with Crippen molar-refractivity contribution < 1.29 is 9.53 Å². The van der Waals surface area contributed by atoms with Crippen LogP contribution in [0.2, 0.25) is 0 Å². The lowest BCUT2D eigenvalue weighted by Crippen LogP contribution is -2.27. The molecule has 1 N–H and O–H groups in total. The lowest BCUT2D eigenvalue weighted by Gasteiger charge is -2.08. The molecule has 0 radical (unpaired) electrons. The standard InChI is InChI=1S/C15H17N3O2/c1-2-10-20-14-5-3-4-13-12(14)6-9-18(13)11-15(19)17-8-7-16/h3-6,9H,2,8,10-11H2,1H3,(H,17,19). The van der Waals surface area contributed by atoms with Crippen molar-refractivity contribution in [2.24, 2.45) is 0 Å². The molecule has 0 saturated heterocycles. The Labute approximate surface area is 117 Å². The van der Waals surface area contributed by atoms with Gasteiger partial charge in [0.1, 0.15) is 18.8 Å². The maximum Gasteiger partial charge on any atom is 0.240 e. The van der Waals surface area contributed by atoms with E-state index in [1.54, 1.807) is 0 Å². The van der Waals surface area contributed by atoms with E-state index < -0.39 is 0 Å². The quantitative estimate of drug-likeness (QED) is 0.818. The molecule has 0 fully saturated rings. The van der Waals surface area contributed by atoms with Crippen LogP contribution >= 0.6 is 0 Å². The number of carbonyl (C=O) groups excluding carboxylic acids is 1. The van der Waals surface area contributed by atoms with Gasteiger partial charge in [-0.1, -0.05) is 13.0 Å². The van der Waals surface area contributed by atoms with Crippen LogP contribution in [0.1, 0.15) is 13.3 Å². The minimum Gasteiger partial charge on any atom is -0.493 e. The first-order valence-corrected chi connectivity index (χ1v) is 6.60. The van der Waals surface area contributed by atoms with Gasteiger partial charge < -0.3 is 14.6 Å². The Morgan fingerprint density at radius 3 is 3.05 bits per heavy atom. The summed E-state index contributed by atoms with van der Waals surface area (Å²) in [5, 5.41) is 12.0. The number of nitrogens with one attached hydrogen (secondary N) is 1. The summed E-state index contributed by atoms with van der Waals surface area (Å²) in [5.74, 6) is 0.657. The number of ether oxygens (including phenoxy) is 1. The first kappa shape index (κ1) is 13.9. The number of hydrogen-bond donors (Lipinski definition) is 1. The topological polar surface area (TPSA) is 67.0 Å². The van der Waals surface area contributed by atoms with Crippen molar-refractivity contribution in [3.63, 3.8) is 0 Å². The highest BCUT2D eigenvalue weighted by molar-refractivity contribution is 5.88. The van der Waals surface area contributed by atoms with Gasteiger partial charge in [0.25, 0.3) is 0 Å². The van der Waals surface area contributed by atoms with E-state index in [9.17, 15) is 4.79 Å². The number of fused-ring (bicyclic) bond motifs is 1. The predicted molar refractivity (Wildman–Crippen MR) is 76.3 cm³/mol. The summed E-state index contributed by atoms with van der Waals surface area (Å²) in [6.45, 7) is 2.96. The van der Waals surface area contributed by atoms with Crippen LogP contribution in [0.3, 0.4) is 0 Å². The molecule has 0 aliphatic heterocycles. The molecule has 0 atom stereocenters. The van der Waals surface area contributed by atoms with Crippen LogP contribution in [-0.4, -0.2) is 23.6 Å². The molecule has 2 rings (SSSR count). The highest BCUT2D eigenvalue weighted by Gasteiger charge is 2.09. The van der Waals surface area contributed by atoms with Gasteiger partial charge in [0.15, 0.2) is 0 Å². The van der Waals surface area contributed by atoms with Crippen molar-refractivity contribution in [2.45, 2.75) is 19.9 Å². The van der Waals surface area contributed by atoms with Gasteiger partial charge in [-0.3, -0.25) is 4.79 Å². The fourth-order valence-electron chi connectivity index (χ4n) is 2.02. The van der Waals surface area contributed by atoms with Crippen LogP contribution < -0.4 is 10.1 Å². The van der Waals surface area contributed by atoms with Gasteiger partial charge >= 0.3 is 0 Å². The average Bonchev–Trinajstić information content (AvgIpc) is 2.86. The zero-order valence-electron chi connectivity index (χ0n) is 11.4. The van der Waals surface area contributed by atoms with Crippen molar-refractivity contribution in [2.75, 3.05) is 13.2 Å². The predicted octanol–water partition coefficient (Wildman–Crippen LogP) is 2.07. The molecule has 0 unspecified atom stereocenters. The fraction of sp³-hybridized carbons (Fsp3) is 0.333. The largest absolute Gasteiger partial charge is 0.493 e. The van der Waals surface area contributed by atoms with Gasteiger partial charge in [-0.15, -0.1) is 0 Å². The van der Waals surface area contributed by atoms with Crippen molar-refractivity contribution in [1.82, 2.24) is 9.88 Å². The first-order valence-electron chi connectivity index (χ1n) is 6.60. The molecule has 0 spiro atoms. The third-order valence-corrected chi connectivity index (χ3v) is 2.91. The highest BCUT2D eigenvalue weighted by atomic mass is 16.5. The summed E-state index contributed by atoms with van der Waals surface area (Å²) in [6.07, 6.45) is 2.81. The van der Waals surface area contributed by atoms with Gasteiger partial charge in [0.2, 0.25) is 5.91 Å². The molecule has 2 aromatic rings. The van der Waals surface area contributed by atoms with E-state index in [2.05, 4.69) is 12.2 Å². The minimum absolute atomic E-state index is 0.0307. The summed E-state index contributed by atoms with van der Waals surface area (Å²) < 4.78 is 7.54. The summed E-state index contributed by atoms with van der Waals surface area (Å²) >= 11 is 0. The smallest absolute Gasteiger partial charge is 0.240 e. The van der Waals surface area contributed by atoms with Gasteiger partial charge in [-0.2, -0.15) is 5.26 Å². The maximum absolute atomic E-state index is 11.7. The number of hydrogen-bond acceptors (Lipinski definition) is 3. The van der Waals surface area contributed by atoms with Crippen LogP contribution in [0.4, 0.5) is 0 Å². The molecule has 1 aromatic heterocycles. The number of carbonyl (C=O) groups is 1. The zero-order chi connectivity index (χ0) is 14.4. The third-order valence-electron chi connectivity index (χ3n) is 2.91. The molecule has 5 heteroatoms. The molecule has 20 heavy (non-hydrogen) atoms. The van der Waals surface area contributed by atoms with Gasteiger partial charge in [0, 0.05) is 11.6 Å². The van der Waals surface area contributed by atoms with Crippen LogP contribution in [0.15, 0.2) is 30.5 Å². The zero-order valence-corrected chi connectivity index (χ0v) is 11.4. The van der Waals surface area contributed by atoms with Gasteiger partial charge in [0.05, 0.1) is 18.2 Å². The Kier molecular flexibility index (Phi) is 4.61. The van der Waals surface area contributed by atoms with Gasteiger partial charge in [-0.25, -0.2) is 0 Å². The van der Waals surface area contributed by atoms with E-state index in [1.807, 2.05) is 41.1 Å². The number of rotatable bonds is 6. The monoisotopic (exact) mass is 271 g/mol. The number of benzene rings is 1. The van der Waals surface area contributed by atoms with E-state index in [0.717, 1.165) is 23.1 Å². The Morgan fingerprint density at radius 2 is 2.30 bits per heavy atom. The summed E-state index contributed by atoms with van der Waals surface area (Å²) in [7, 11) is 0. The third kappa shape index (κ3) is 3.09. The fourth-order valence-corrected chi connectivity index (χ4v) is 2.02. The molecule has 5 nitrogen and oxygen atoms in total. The molecular weight excluding hydrogens is 254 g/mol. The van der Waals surface area contributed by atoms with E-state index >= 15 is 0 Å². The van der Waals surface area contributed by atoms with E-state index in [0.29, 0.717) is 6.61 Å². The lowest BCUT2D eigenvalue weighted by molar-refractivity contribution is -0.121. The lowest BCUT2D eigenvalue weighted by atomic mass is 10.2. The summed E-state index contributed by atoms with van der Waals surface area (Å²) in [5.41, 5.74) is 0.950. The number of nitrogens with zero attached hydrogens (tertiary/aromatic N) is 2. The molecule has 0 saturated carbocycles. The van der Waals surface area contributed by atoms with Crippen molar-refractivity contribution in [3.8, 4) is 11.8 Å². The SMILES string of the molecule is CCCOc1cccc2c1ccn2CC(=O)NCC#N. The van der Waals surface area contributed by atoms with Crippen molar-refractivity contribution in [1.29, 1.82) is 5.26 Å². The van der Waals surface area contributed by atoms with Crippen LogP contribution in [0, 0.1) is 11.3 Å². The normalized spacial score (nSPS) is 10.2. The Balaban J connectivity index is 2.20. The second-order valence-electron chi connectivity index (χ2n) is 4.42. The second kappa shape index (κ2) is 6.62. The molecule has 0 aliphatic carbocycles. The number of aromatic nitrogens is 1.